The summed E-state index contributed by atoms with van der Waals surface area (Å²) < 4.78 is 17.1. The molecule has 2 aromatic rings. The summed E-state index contributed by atoms with van der Waals surface area (Å²) >= 11 is 0. The Morgan fingerprint density at radius 2 is 1.83 bits per heavy atom. The number of nitrogens with zero attached hydrogens (tertiary/aromatic N) is 2. The third-order valence-electron chi connectivity index (χ3n) is 4.93. The van der Waals surface area contributed by atoms with E-state index < -0.39 is 0 Å². The average molecular weight is 398 g/mol. The number of aliphatic imine (C=N–C) groups is 1. The fourth-order valence-corrected chi connectivity index (χ4v) is 3.40. The monoisotopic (exact) mass is 397 g/mol. The van der Waals surface area contributed by atoms with E-state index in [4.69, 9.17) is 14.2 Å². The van der Waals surface area contributed by atoms with Gasteiger partial charge in [-0.05, 0) is 29.8 Å². The topological polar surface area (TPSA) is 55.3 Å². The van der Waals surface area contributed by atoms with Crippen molar-refractivity contribution in [3.8, 4) is 11.5 Å². The van der Waals surface area contributed by atoms with Crippen LogP contribution < -0.4 is 14.8 Å². The normalized spacial score (nSPS) is 15.2. The molecular weight excluding hydrogens is 366 g/mol. The zero-order chi connectivity index (χ0) is 20.3. The molecule has 6 heteroatoms. The molecule has 0 radical (unpaired) electrons. The van der Waals surface area contributed by atoms with Gasteiger partial charge in [0, 0.05) is 39.5 Å². The third kappa shape index (κ3) is 6.68. The fraction of sp³-hybridized carbons (Fsp3) is 0.435. The molecule has 156 valence electrons. The van der Waals surface area contributed by atoms with Crippen LogP contribution in [0.25, 0.3) is 0 Å². The number of nitrogens with one attached hydrogen (secondary N) is 1. The van der Waals surface area contributed by atoms with Crippen LogP contribution in [0.5, 0.6) is 11.5 Å². The number of ether oxygens (including phenoxy) is 3. The van der Waals surface area contributed by atoms with E-state index in [-0.39, 0.29) is 6.10 Å². The quantitative estimate of drug-likeness (QED) is 0.421. The summed E-state index contributed by atoms with van der Waals surface area (Å²) in [4.78, 5) is 6.70. The van der Waals surface area contributed by atoms with Gasteiger partial charge in [0.2, 0.25) is 0 Å². The molecule has 1 fully saturated rings. The van der Waals surface area contributed by atoms with Gasteiger partial charge in [-0.1, -0.05) is 30.3 Å². The summed E-state index contributed by atoms with van der Waals surface area (Å²) in [5, 5.41) is 3.40. The van der Waals surface area contributed by atoms with E-state index in [0.29, 0.717) is 13.2 Å². The Hall–Kier alpha value is -2.73. The lowest BCUT2D eigenvalue weighted by atomic mass is 10.1. The van der Waals surface area contributed by atoms with Crippen molar-refractivity contribution >= 4 is 5.96 Å². The molecule has 1 heterocycles. The molecule has 2 aromatic carbocycles. The predicted molar refractivity (Wildman–Crippen MR) is 116 cm³/mol. The molecule has 1 N–H and O–H groups in total. The highest BCUT2D eigenvalue weighted by Gasteiger charge is 2.22. The van der Waals surface area contributed by atoms with Crippen molar-refractivity contribution < 1.29 is 14.2 Å². The largest absolute Gasteiger partial charge is 0.497 e. The zero-order valence-corrected chi connectivity index (χ0v) is 17.3. The summed E-state index contributed by atoms with van der Waals surface area (Å²) in [6, 6.07) is 18.0. The Bertz CT molecular complexity index is 759. The number of benzene rings is 2. The van der Waals surface area contributed by atoms with Crippen LogP contribution in [0.2, 0.25) is 0 Å². The number of rotatable bonds is 8. The lowest BCUT2D eigenvalue weighted by Gasteiger charge is -2.34. The summed E-state index contributed by atoms with van der Waals surface area (Å²) in [6.45, 7) is 3.77. The lowest BCUT2D eigenvalue weighted by Crippen LogP contribution is -2.48. The molecule has 0 bridgehead atoms. The highest BCUT2D eigenvalue weighted by molar-refractivity contribution is 5.79. The number of likely N-dealkylation sites (tertiary alicyclic amines) is 1. The van der Waals surface area contributed by atoms with Crippen molar-refractivity contribution in [1.82, 2.24) is 10.2 Å². The Labute approximate surface area is 173 Å². The van der Waals surface area contributed by atoms with Gasteiger partial charge in [-0.25, -0.2) is 0 Å². The SMILES string of the molecule is CN=C(NCCOCc1cccc(OC)c1)N1CCC(Oc2ccccc2)CC1. The van der Waals surface area contributed by atoms with E-state index >= 15 is 0 Å². The molecule has 3 rings (SSSR count). The minimum Gasteiger partial charge on any atom is -0.497 e. The summed E-state index contributed by atoms with van der Waals surface area (Å²) in [7, 11) is 3.50. The second-order valence-corrected chi connectivity index (χ2v) is 7.00. The van der Waals surface area contributed by atoms with E-state index in [1.54, 1.807) is 7.11 Å². The summed E-state index contributed by atoms with van der Waals surface area (Å²) in [6.07, 6.45) is 2.24. The fourth-order valence-electron chi connectivity index (χ4n) is 3.40. The number of methoxy groups -OCH3 is 1. The van der Waals surface area contributed by atoms with Crippen LogP contribution in [0.15, 0.2) is 59.6 Å². The summed E-state index contributed by atoms with van der Waals surface area (Å²) in [5.41, 5.74) is 1.11. The molecule has 0 spiro atoms. The highest BCUT2D eigenvalue weighted by Crippen LogP contribution is 2.18. The number of hydrogen-bond acceptors (Lipinski definition) is 4. The van der Waals surface area contributed by atoms with Gasteiger partial charge in [0.15, 0.2) is 5.96 Å². The molecular formula is C23H31N3O3. The van der Waals surface area contributed by atoms with E-state index in [1.807, 2.05) is 61.6 Å². The molecule has 0 aromatic heterocycles. The highest BCUT2D eigenvalue weighted by atomic mass is 16.5. The zero-order valence-electron chi connectivity index (χ0n) is 17.3. The maximum atomic E-state index is 6.07. The van der Waals surface area contributed by atoms with E-state index in [9.17, 15) is 0 Å². The van der Waals surface area contributed by atoms with Gasteiger partial charge < -0.3 is 24.4 Å². The molecule has 29 heavy (non-hydrogen) atoms. The Morgan fingerprint density at radius 3 is 2.55 bits per heavy atom. The van der Waals surface area contributed by atoms with Gasteiger partial charge in [0.25, 0.3) is 0 Å². The number of guanidine groups is 1. The van der Waals surface area contributed by atoms with Gasteiger partial charge >= 0.3 is 0 Å². The molecule has 6 nitrogen and oxygen atoms in total. The first-order chi connectivity index (χ1) is 14.3. The molecule has 1 aliphatic heterocycles. The van der Waals surface area contributed by atoms with Crippen molar-refractivity contribution in [3.63, 3.8) is 0 Å². The Morgan fingerprint density at radius 1 is 1.07 bits per heavy atom. The second kappa shape index (κ2) is 11.3. The van der Waals surface area contributed by atoms with E-state index in [2.05, 4.69) is 15.2 Å². The van der Waals surface area contributed by atoms with Crippen LogP contribution in [0.1, 0.15) is 18.4 Å². The van der Waals surface area contributed by atoms with Gasteiger partial charge in [0.05, 0.1) is 20.3 Å². The molecule has 1 aliphatic rings. The standard InChI is InChI=1S/C23H31N3O3/c1-24-23(25-13-16-28-18-19-7-6-10-22(17-19)27-2)26-14-11-21(12-15-26)29-20-8-4-3-5-9-20/h3-10,17,21H,11-16,18H2,1-2H3,(H,24,25). The first-order valence-electron chi connectivity index (χ1n) is 10.2. The van der Waals surface area contributed by atoms with Crippen LogP contribution in [-0.4, -0.2) is 57.4 Å². The van der Waals surface area contributed by atoms with Crippen LogP contribution in [0, 0.1) is 0 Å². The van der Waals surface area contributed by atoms with Crippen LogP contribution in [-0.2, 0) is 11.3 Å². The third-order valence-corrected chi connectivity index (χ3v) is 4.93. The predicted octanol–water partition coefficient (Wildman–Crippen LogP) is 3.33. The van der Waals surface area contributed by atoms with E-state index in [1.165, 1.54) is 0 Å². The van der Waals surface area contributed by atoms with Crippen molar-refractivity contribution in [2.75, 3.05) is 40.4 Å². The van der Waals surface area contributed by atoms with Gasteiger partial charge in [-0.3, -0.25) is 4.99 Å². The van der Waals surface area contributed by atoms with Gasteiger partial charge in [-0.15, -0.1) is 0 Å². The average Bonchev–Trinajstić information content (AvgIpc) is 2.78. The summed E-state index contributed by atoms with van der Waals surface area (Å²) in [5.74, 6) is 2.72. The molecule has 0 unspecified atom stereocenters. The van der Waals surface area contributed by atoms with E-state index in [0.717, 1.165) is 55.5 Å². The smallest absolute Gasteiger partial charge is 0.193 e. The van der Waals surface area contributed by atoms with Crippen LogP contribution >= 0.6 is 0 Å². The van der Waals surface area contributed by atoms with Crippen LogP contribution in [0.4, 0.5) is 0 Å². The number of para-hydroxylation sites is 1. The van der Waals surface area contributed by atoms with Crippen LogP contribution in [0.3, 0.4) is 0 Å². The van der Waals surface area contributed by atoms with Crippen molar-refractivity contribution in [2.45, 2.75) is 25.6 Å². The molecule has 0 atom stereocenters. The molecule has 1 saturated heterocycles. The second-order valence-electron chi connectivity index (χ2n) is 7.00. The maximum absolute atomic E-state index is 6.07. The van der Waals surface area contributed by atoms with Gasteiger partial charge in [0.1, 0.15) is 17.6 Å². The molecule has 0 saturated carbocycles. The van der Waals surface area contributed by atoms with Crippen molar-refractivity contribution in [2.24, 2.45) is 4.99 Å². The minimum atomic E-state index is 0.262. The Kier molecular flexibility index (Phi) is 8.19. The van der Waals surface area contributed by atoms with Crippen molar-refractivity contribution in [3.05, 3.63) is 60.2 Å². The molecule has 0 amide bonds. The number of hydrogen-bond donors (Lipinski definition) is 1. The minimum absolute atomic E-state index is 0.262. The maximum Gasteiger partial charge on any atom is 0.193 e. The molecule has 0 aliphatic carbocycles. The van der Waals surface area contributed by atoms with Crippen molar-refractivity contribution in [1.29, 1.82) is 0 Å². The Balaban J connectivity index is 1.34. The van der Waals surface area contributed by atoms with Gasteiger partial charge in [-0.2, -0.15) is 0 Å². The first kappa shape index (κ1) is 21.0. The first-order valence-corrected chi connectivity index (χ1v) is 10.2. The lowest BCUT2D eigenvalue weighted by molar-refractivity contribution is 0.120. The number of piperidine rings is 1.